The van der Waals surface area contributed by atoms with Crippen molar-refractivity contribution in [3.63, 3.8) is 0 Å². The van der Waals surface area contributed by atoms with Crippen molar-refractivity contribution in [3.8, 4) is 0 Å². The minimum Gasteiger partial charge on any atom is -0.336 e. The van der Waals surface area contributed by atoms with E-state index in [0.29, 0.717) is 17.8 Å². The molecule has 0 aliphatic heterocycles. The molecule has 0 bridgehead atoms. The third-order valence-corrected chi connectivity index (χ3v) is 3.49. The van der Waals surface area contributed by atoms with Gasteiger partial charge in [0.25, 0.3) is 5.91 Å². The number of benzene rings is 1. The van der Waals surface area contributed by atoms with E-state index in [0.717, 1.165) is 4.88 Å². The van der Waals surface area contributed by atoms with Crippen LogP contribution in [0.5, 0.6) is 0 Å². The molecule has 0 saturated heterocycles. The molecule has 0 fully saturated rings. The molecule has 4 nitrogen and oxygen atoms in total. The van der Waals surface area contributed by atoms with Crippen LogP contribution in [0, 0.1) is 0 Å². The monoisotopic (exact) mass is 261 g/mol. The number of rotatable bonds is 4. The maximum absolute atomic E-state index is 12.3. The number of anilines is 1. The average molecular weight is 261 g/mol. The second-order valence-corrected chi connectivity index (χ2v) is 4.96. The second kappa shape index (κ2) is 5.66. The zero-order valence-electron chi connectivity index (χ0n) is 10.1. The molecule has 0 radical (unpaired) electrons. The summed E-state index contributed by atoms with van der Waals surface area (Å²) in [5.74, 6) is 5.36. The van der Waals surface area contributed by atoms with Gasteiger partial charge in [0.05, 0.1) is 17.8 Å². The SMILES string of the molecule is CN(Cc1cccs1)C(=O)c1ccccc1NN. The fourth-order valence-electron chi connectivity index (χ4n) is 1.71. The molecule has 3 N–H and O–H groups in total. The molecule has 1 heterocycles. The van der Waals surface area contributed by atoms with Gasteiger partial charge in [-0.2, -0.15) is 0 Å². The Morgan fingerprint density at radius 1 is 1.33 bits per heavy atom. The number of hydrazine groups is 1. The molecule has 1 aromatic heterocycles. The van der Waals surface area contributed by atoms with Gasteiger partial charge in [-0.05, 0) is 23.6 Å². The van der Waals surface area contributed by atoms with Crippen LogP contribution in [0.3, 0.4) is 0 Å². The molecule has 18 heavy (non-hydrogen) atoms. The third-order valence-electron chi connectivity index (χ3n) is 2.63. The molecule has 0 atom stereocenters. The zero-order chi connectivity index (χ0) is 13.0. The lowest BCUT2D eigenvalue weighted by atomic mass is 10.1. The van der Waals surface area contributed by atoms with E-state index >= 15 is 0 Å². The summed E-state index contributed by atoms with van der Waals surface area (Å²) in [7, 11) is 1.79. The molecule has 5 heteroatoms. The number of nitrogen functional groups attached to an aromatic ring is 1. The lowest BCUT2D eigenvalue weighted by Gasteiger charge is -2.18. The van der Waals surface area contributed by atoms with E-state index in [-0.39, 0.29) is 5.91 Å². The molecule has 2 rings (SSSR count). The first-order valence-corrected chi connectivity index (χ1v) is 6.44. The summed E-state index contributed by atoms with van der Waals surface area (Å²) >= 11 is 1.64. The van der Waals surface area contributed by atoms with E-state index in [9.17, 15) is 4.79 Å². The molecular weight excluding hydrogens is 246 g/mol. The highest BCUT2D eigenvalue weighted by Gasteiger charge is 2.15. The lowest BCUT2D eigenvalue weighted by molar-refractivity contribution is 0.0787. The number of thiophene rings is 1. The van der Waals surface area contributed by atoms with Gasteiger partial charge in [-0.3, -0.25) is 10.6 Å². The van der Waals surface area contributed by atoms with Crippen molar-refractivity contribution in [2.45, 2.75) is 6.54 Å². The number of nitrogens with zero attached hydrogens (tertiary/aromatic N) is 1. The first kappa shape index (κ1) is 12.6. The number of carbonyl (C=O) groups excluding carboxylic acids is 1. The Hall–Kier alpha value is -1.85. The number of nitrogens with two attached hydrogens (primary N) is 1. The number of nitrogens with one attached hydrogen (secondary N) is 1. The number of amides is 1. The quantitative estimate of drug-likeness (QED) is 0.656. The van der Waals surface area contributed by atoms with E-state index in [1.54, 1.807) is 35.4 Å². The van der Waals surface area contributed by atoms with Gasteiger partial charge in [-0.15, -0.1) is 11.3 Å². The van der Waals surface area contributed by atoms with Gasteiger partial charge in [0.2, 0.25) is 0 Å². The van der Waals surface area contributed by atoms with Crippen molar-refractivity contribution < 1.29 is 4.79 Å². The highest BCUT2D eigenvalue weighted by molar-refractivity contribution is 7.09. The van der Waals surface area contributed by atoms with E-state index in [1.807, 2.05) is 29.6 Å². The van der Waals surface area contributed by atoms with Crippen molar-refractivity contribution in [3.05, 3.63) is 52.2 Å². The van der Waals surface area contributed by atoms with Gasteiger partial charge >= 0.3 is 0 Å². The van der Waals surface area contributed by atoms with E-state index in [2.05, 4.69) is 5.43 Å². The molecule has 0 aliphatic rings. The fourth-order valence-corrected chi connectivity index (χ4v) is 2.47. The Labute approximate surface area is 110 Å². The first-order chi connectivity index (χ1) is 8.72. The highest BCUT2D eigenvalue weighted by Crippen LogP contribution is 2.18. The Morgan fingerprint density at radius 2 is 2.11 bits per heavy atom. The number of hydrogen-bond acceptors (Lipinski definition) is 4. The topological polar surface area (TPSA) is 58.4 Å². The summed E-state index contributed by atoms with van der Waals surface area (Å²) in [6.07, 6.45) is 0. The molecule has 2 aromatic rings. The molecule has 1 aromatic carbocycles. The fraction of sp³-hybridized carbons (Fsp3) is 0.154. The van der Waals surface area contributed by atoms with Crippen LogP contribution in [0.15, 0.2) is 41.8 Å². The maximum atomic E-state index is 12.3. The van der Waals surface area contributed by atoms with Crippen LogP contribution in [-0.4, -0.2) is 17.9 Å². The predicted molar refractivity (Wildman–Crippen MR) is 74.4 cm³/mol. The molecule has 0 unspecified atom stereocenters. The van der Waals surface area contributed by atoms with Crippen molar-refractivity contribution in [2.75, 3.05) is 12.5 Å². The van der Waals surface area contributed by atoms with Gasteiger partial charge in [0.1, 0.15) is 0 Å². The molecule has 1 amide bonds. The van der Waals surface area contributed by atoms with E-state index in [4.69, 9.17) is 5.84 Å². The third kappa shape index (κ3) is 2.69. The Bertz CT molecular complexity index is 525. The van der Waals surface area contributed by atoms with Crippen molar-refractivity contribution in [1.82, 2.24) is 4.90 Å². The molecule has 0 spiro atoms. The van der Waals surface area contributed by atoms with E-state index in [1.165, 1.54) is 0 Å². The lowest BCUT2D eigenvalue weighted by Crippen LogP contribution is -2.27. The predicted octanol–water partition coefficient (Wildman–Crippen LogP) is 2.31. The maximum Gasteiger partial charge on any atom is 0.256 e. The number of para-hydroxylation sites is 1. The second-order valence-electron chi connectivity index (χ2n) is 3.93. The summed E-state index contributed by atoms with van der Waals surface area (Å²) in [6, 6.07) is 11.2. The summed E-state index contributed by atoms with van der Waals surface area (Å²) in [4.78, 5) is 15.1. The summed E-state index contributed by atoms with van der Waals surface area (Å²) in [6.45, 7) is 0.607. The molecular formula is C13H15N3OS. The number of carbonyl (C=O) groups is 1. The van der Waals surface area contributed by atoms with Crippen LogP contribution < -0.4 is 11.3 Å². The van der Waals surface area contributed by atoms with Crippen LogP contribution in [0.1, 0.15) is 15.2 Å². The zero-order valence-corrected chi connectivity index (χ0v) is 10.9. The number of hydrogen-bond donors (Lipinski definition) is 2. The van der Waals surface area contributed by atoms with Crippen molar-refractivity contribution in [2.24, 2.45) is 5.84 Å². The molecule has 94 valence electrons. The normalized spacial score (nSPS) is 10.1. The first-order valence-electron chi connectivity index (χ1n) is 5.56. The van der Waals surface area contributed by atoms with Crippen LogP contribution in [0.25, 0.3) is 0 Å². The largest absolute Gasteiger partial charge is 0.336 e. The van der Waals surface area contributed by atoms with Crippen molar-refractivity contribution >= 4 is 22.9 Å². The van der Waals surface area contributed by atoms with Crippen LogP contribution in [0.4, 0.5) is 5.69 Å². The summed E-state index contributed by atoms with van der Waals surface area (Å²) < 4.78 is 0. The van der Waals surface area contributed by atoms with Crippen LogP contribution in [0.2, 0.25) is 0 Å². The summed E-state index contributed by atoms with van der Waals surface area (Å²) in [5.41, 5.74) is 3.77. The summed E-state index contributed by atoms with van der Waals surface area (Å²) in [5, 5.41) is 2.00. The Kier molecular flexibility index (Phi) is 3.96. The van der Waals surface area contributed by atoms with Gasteiger partial charge in [-0.25, -0.2) is 0 Å². The Balaban J connectivity index is 2.15. The minimum absolute atomic E-state index is 0.0445. The van der Waals surface area contributed by atoms with Gasteiger partial charge in [0, 0.05) is 11.9 Å². The molecule has 0 aliphatic carbocycles. The minimum atomic E-state index is -0.0445. The Morgan fingerprint density at radius 3 is 2.78 bits per heavy atom. The van der Waals surface area contributed by atoms with Gasteiger partial charge in [-0.1, -0.05) is 18.2 Å². The highest BCUT2D eigenvalue weighted by atomic mass is 32.1. The smallest absolute Gasteiger partial charge is 0.256 e. The van der Waals surface area contributed by atoms with Crippen LogP contribution in [-0.2, 0) is 6.54 Å². The molecule has 0 saturated carbocycles. The standard InChI is InChI=1S/C13H15N3OS/c1-16(9-10-5-4-8-18-10)13(17)11-6-2-3-7-12(11)15-14/h2-8,15H,9,14H2,1H3. The average Bonchev–Trinajstić information content (AvgIpc) is 2.90. The van der Waals surface area contributed by atoms with Crippen molar-refractivity contribution in [1.29, 1.82) is 0 Å². The van der Waals surface area contributed by atoms with Gasteiger partial charge < -0.3 is 10.3 Å². The van der Waals surface area contributed by atoms with E-state index < -0.39 is 0 Å². The van der Waals surface area contributed by atoms with Gasteiger partial charge in [0.15, 0.2) is 0 Å². The van der Waals surface area contributed by atoms with Crippen LogP contribution >= 0.6 is 11.3 Å².